The molecule has 1 aliphatic heterocycles. The third-order valence-electron chi connectivity index (χ3n) is 6.34. The summed E-state index contributed by atoms with van der Waals surface area (Å²) in [4.78, 5) is 14.7. The van der Waals surface area contributed by atoms with Gasteiger partial charge < -0.3 is 19.5 Å². The van der Waals surface area contributed by atoms with Crippen LogP contribution in [0.3, 0.4) is 0 Å². The van der Waals surface area contributed by atoms with E-state index < -0.39 is 6.10 Å². The van der Waals surface area contributed by atoms with Crippen molar-refractivity contribution >= 4 is 5.91 Å². The fraction of sp³-hybridized carbons (Fsp3) is 0.458. The Kier molecular flexibility index (Phi) is 6.23. The Labute approximate surface area is 176 Å². The Morgan fingerprint density at radius 2 is 1.80 bits per heavy atom. The quantitative estimate of drug-likeness (QED) is 0.788. The molecule has 0 unspecified atom stereocenters. The van der Waals surface area contributed by atoms with Crippen LogP contribution >= 0.6 is 0 Å². The number of carbonyl (C=O) groups excluding carboxylic acids is 1. The summed E-state index contributed by atoms with van der Waals surface area (Å²) in [7, 11) is 1.64. The van der Waals surface area contributed by atoms with Gasteiger partial charge in [0.2, 0.25) is 5.91 Å². The molecule has 2 aliphatic rings. The average Bonchev–Trinajstić information content (AvgIpc) is 3.17. The number of methoxy groups -OCH3 is 1. The van der Waals surface area contributed by atoms with Gasteiger partial charge in [0.05, 0.1) is 13.2 Å². The lowest BCUT2D eigenvalue weighted by atomic mass is 9.78. The van der Waals surface area contributed by atoms with Crippen LogP contribution in [0, 0.1) is 17.7 Å². The zero-order valence-electron chi connectivity index (χ0n) is 17.2. The molecule has 30 heavy (non-hydrogen) atoms. The maximum Gasteiger partial charge on any atom is 0.222 e. The molecule has 0 spiro atoms. The van der Waals surface area contributed by atoms with Gasteiger partial charge in [0.25, 0.3) is 0 Å². The van der Waals surface area contributed by atoms with E-state index in [0.29, 0.717) is 56.4 Å². The SMILES string of the molecule is COc1ccccc1CCC(=O)N1C[C@H]2C[C@@H](Oc3ccc(F)cc3)[C@H](O)C[C@H]2C1. The maximum atomic E-state index is 13.1. The fourth-order valence-corrected chi connectivity index (χ4v) is 4.72. The molecule has 2 fully saturated rings. The van der Waals surface area contributed by atoms with Crippen molar-refractivity contribution in [3.63, 3.8) is 0 Å². The molecule has 0 radical (unpaired) electrons. The van der Waals surface area contributed by atoms with E-state index in [4.69, 9.17) is 9.47 Å². The summed E-state index contributed by atoms with van der Waals surface area (Å²) >= 11 is 0. The first kappa shape index (κ1) is 20.7. The van der Waals surface area contributed by atoms with Crippen LogP contribution in [0.2, 0.25) is 0 Å². The molecule has 1 N–H and O–H groups in total. The van der Waals surface area contributed by atoms with Crippen molar-refractivity contribution in [1.82, 2.24) is 4.90 Å². The molecule has 1 saturated heterocycles. The van der Waals surface area contributed by atoms with Gasteiger partial charge in [0, 0.05) is 19.5 Å². The second kappa shape index (κ2) is 9.04. The molecule has 1 heterocycles. The number of para-hydroxylation sites is 1. The third kappa shape index (κ3) is 4.59. The summed E-state index contributed by atoms with van der Waals surface area (Å²) in [6.45, 7) is 1.39. The van der Waals surface area contributed by atoms with Crippen molar-refractivity contribution in [3.05, 3.63) is 59.9 Å². The Morgan fingerprint density at radius 1 is 1.10 bits per heavy atom. The number of benzene rings is 2. The summed E-state index contributed by atoms with van der Waals surface area (Å²) in [5.74, 6) is 1.80. The number of amides is 1. The molecule has 2 aromatic rings. The molecule has 4 atom stereocenters. The Morgan fingerprint density at radius 3 is 2.53 bits per heavy atom. The van der Waals surface area contributed by atoms with Crippen LogP contribution in [0.15, 0.2) is 48.5 Å². The second-order valence-electron chi connectivity index (χ2n) is 8.28. The minimum atomic E-state index is -0.583. The molecule has 1 saturated carbocycles. The molecule has 2 aromatic carbocycles. The molecule has 6 heteroatoms. The zero-order valence-corrected chi connectivity index (χ0v) is 17.2. The molecule has 0 bridgehead atoms. The number of rotatable bonds is 6. The number of aliphatic hydroxyl groups is 1. The van der Waals surface area contributed by atoms with Crippen molar-refractivity contribution in [2.75, 3.05) is 20.2 Å². The number of likely N-dealkylation sites (tertiary alicyclic amines) is 1. The van der Waals surface area contributed by atoms with Gasteiger partial charge in [0.15, 0.2) is 0 Å². The van der Waals surface area contributed by atoms with Gasteiger partial charge in [-0.25, -0.2) is 4.39 Å². The molecule has 1 aliphatic carbocycles. The topological polar surface area (TPSA) is 59.0 Å². The number of aliphatic hydroxyl groups excluding tert-OH is 1. The van der Waals surface area contributed by atoms with E-state index in [0.717, 1.165) is 11.3 Å². The van der Waals surface area contributed by atoms with E-state index >= 15 is 0 Å². The normalized spacial score (nSPS) is 25.6. The smallest absolute Gasteiger partial charge is 0.222 e. The first-order chi connectivity index (χ1) is 14.5. The Hall–Kier alpha value is -2.60. The number of hydrogen-bond donors (Lipinski definition) is 1. The van der Waals surface area contributed by atoms with Crippen LogP contribution in [0.25, 0.3) is 0 Å². The lowest BCUT2D eigenvalue weighted by Gasteiger charge is -2.35. The van der Waals surface area contributed by atoms with E-state index in [-0.39, 0.29) is 17.8 Å². The van der Waals surface area contributed by atoms with Crippen LogP contribution in [-0.4, -0.2) is 48.3 Å². The van der Waals surface area contributed by atoms with Crippen LogP contribution in [-0.2, 0) is 11.2 Å². The number of aryl methyl sites for hydroxylation is 1. The lowest BCUT2D eigenvalue weighted by Crippen LogP contribution is -2.42. The number of halogens is 1. The molecule has 1 amide bonds. The Balaban J connectivity index is 1.32. The van der Waals surface area contributed by atoms with Gasteiger partial charge in [-0.15, -0.1) is 0 Å². The highest BCUT2D eigenvalue weighted by molar-refractivity contribution is 5.77. The number of ether oxygens (including phenoxy) is 2. The van der Waals surface area contributed by atoms with Crippen molar-refractivity contribution in [1.29, 1.82) is 0 Å². The predicted molar refractivity (Wildman–Crippen MR) is 111 cm³/mol. The van der Waals surface area contributed by atoms with Crippen molar-refractivity contribution in [2.24, 2.45) is 11.8 Å². The van der Waals surface area contributed by atoms with E-state index in [1.807, 2.05) is 29.2 Å². The number of fused-ring (bicyclic) bond motifs is 1. The second-order valence-corrected chi connectivity index (χ2v) is 8.28. The summed E-state index contributed by atoms with van der Waals surface area (Å²) in [6, 6.07) is 13.6. The minimum Gasteiger partial charge on any atom is -0.496 e. The number of nitrogens with zero attached hydrogens (tertiary/aromatic N) is 1. The summed E-state index contributed by atoms with van der Waals surface area (Å²) in [5, 5.41) is 10.6. The molecule has 160 valence electrons. The zero-order chi connectivity index (χ0) is 21.1. The third-order valence-corrected chi connectivity index (χ3v) is 6.34. The van der Waals surface area contributed by atoms with Crippen LogP contribution < -0.4 is 9.47 Å². The van der Waals surface area contributed by atoms with E-state index in [1.54, 1.807) is 19.2 Å². The van der Waals surface area contributed by atoms with Gasteiger partial charge in [-0.3, -0.25) is 4.79 Å². The highest BCUT2D eigenvalue weighted by Gasteiger charge is 2.43. The molecule has 0 aromatic heterocycles. The lowest BCUT2D eigenvalue weighted by molar-refractivity contribution is -0.130. The van der Waals surface area contributed by atoms with Crippen LogP contribution in [0.1, 0.15) is 24.8 Å². The predicted octanol–water partition coefficient (Wildman–Crippen LogP) is 3.44. The molecule has 4 rings (SSSR count). The van der Waals surface area contributed by atoms with E-state index in [2.05, 4.69) is 0 Å². The highest BCUT2D eigenvalue weighted by Crippen LogP contribution is 2.38. The summed E-state index contributed by atoms with van der Waals surface area (Å²) in [6.07, 6.45) is 1.48. The van der Waals surface area contributed by atoms with Gasteiger partial charge in [-0.2, -0.15) is 0 Å². The van der Waals surface area contributed by atoms with Crippen LogP contribution in [0.4, 0.5) is 4.39 Å². The number of carbonyl (C=O) groups is 1. The average molecular weight is 413 g/mol. The van der Waals surface area contributed by atoms with E-state index in [9.17, 15) is 14.3 Å². The summed E-state index contributed by atoms with van der Waals surface area (Å²) in [5.41, 5.74) is 1.04. The first-order valence-corrected chi connectivity index (χ1v) is 10.5. The van der Waals surface area contributed by atoms with Crippen molar-refractivity contribution in [2.45, 2.75) is 37.9 Å². The fourth-order valence-electron chi connectivity index (χ4n) is 4.72. The number of hydrogen-bond acceptors (Lipinski definition) is 4. The van der Waals surface area contributed by atoms with Crippen molar-refractivity contribution < 1.29 is 23.8 Å². The van der Waals surface area contributed by atoms with Gasteiger partial charge in [-0.05, 0) is 67.0 Å². The molecular weight excluding hydrogens is 385 g/mol. The Bertz CT molecular complexity index is 872. The van der Waals surface area contributed by atoms with E-state index in [1.165, 1.54) is 12.1 Å². The highest BCUT2D eigenvalue weighted by atomic mass is 19.1. The van der Waals surface area contributed by atoms with Gasteiger partial charge >= 0.3 is 0 Å². The molecule has 5 nitrogen and oxygen atoms in total. The standard InChI is InChI=1S/C24H28FNO4/c1-29-22-5-3-2-4-16(22)6-11-24(28)26-14-17-12-21(27)23(13-18(17)15-26)30-20-9-7-19(25)8-10-20/h2-5,7-10,17-18,21,23,27H,6,11-15H2,1H3/t17-,18+,21+,23+/m0/s1. The van der Waals surface area contributed by atoms with Crippen LogP contribution in [0.5, 0.6) is 11.5 Å². The maximum absolute atomic E-state index is 13.1. The van der Waals surface area contributed by atoms with Gasteiger partial charge in [-0.1, -0.05) is 18.2 Å². The largest absolute Gasteiger partial charge is 0.496 e. The monoisotopic (exact) mass is 413 g/mol. The minimum absolute atomic E-state index is 0.140. The summed E-state index contributed by atoms with van der Waals surface area (Å²) < 4.78 is 24.4. The van der Waals surface area contributed by atoms with Gasteiger partial charge in [0.1, 0.15) is 23.4 Å². The molecular formula is C24H28FNO4. The first-order valence-electron chi connectivity index (χ1n) is 10.5. The van der Waals surface area contributed by atoms with Crippen molar-refractivity contribution in [3.8, 4) is 11.5 Å².